The van der Waals surface area contributed by atoms with Crippen molar-refractivity contribution in [1.29, 1.82) is 0 Å². The van der Waals surface area contributed by atoms with E-state index < -0.39 is 15.8 Å². The quantitative estimate of drug-likeness (QED) is 0.238. The molecule has 0 unspecified atom stereocenters. The van der Waals surface area contributed by atoms with Gasteiger partial charge in [0.1, 0.15) is 5.82 Å². The van der Waals surface area contributed by atoms with Crippen molar-refractivity contribution in [2.24, 2.45) is 5.92 Å². The summed E-state index contributed by atoms with van der Waals surface area (Å²) in [6, 6.07) is 20.5. The molecule has 2 N–H and O–H groups in total. The van der Waals surface area contributed by atoms with Crippen LogP contribution in [0.15, 0.2) is 77.7 Å². The highest BCUT2D eigenvalue weighted by molar-refractivity contribution is 7.90. The number of carbonyl (C=O) groups excluding carboxylic acids is 1. The van der Waals surface area contributed by atoms with E-state index in [9.17, 15) is 22.4 Å². The summed E-state index contributed by atoms with van der Waals surface area (Å²) in [6.07, 6.45) is 9.25. The second-order valence-corrected chi connectivity index (χ2v) is 12.9. The number of nitrogens with one attached hydrogen (secondary N) is 1. The average Bonchev–Trinajstić information content (AvgIpc) is 2.99. The SMILES string of the molecule is CC.CC1CCCCC1.CN(CC(=O)O)Cc1cccc(-c2ccc(S(C)(=O)=O)cc2)c1.C[C@@H](NC=O)c1ccc(F)cc1. The van der Waals surface area contributed by atoms with Gasteiger partial charge < -0.3 is 10.4 Å². The van der Waals surface area contributed by atoms with Gasteiger partial charge in [-0.3, -0.25) is 14.5 Å². The highest BCUT2D eigenvalue weighted by atomic mass is 32.2. The van der Waals surface area contributed by atoms with Crippen LogP contribution in [0.4, 0.5) is 4.39 Å². The lowest BCUT2D eigenvalue weighted by Crippen LogP contribution is -2.25. The molecule has 0 heterocycles. The summed E-state index contributed by atoms with van der Waals surface area (Å²) in [5.74, 6) is -0.0918. The average molecular weight is 629 g/mol. The molecule has 0 bridgehead atoms. The molecule has 0 saturated heterocycles. The lowest BCUT2D eigenvalue weighted by atomic mass is 9.91. The number of benzene rings is 3. The maximum Gasteiger partial charge on any atom is 0.317 e. The summed E-state index contributed by atoms with van der Waals surface area (Å²) < 4.78 is 35.4. The fraction of sp³-hybridized carbons (Fsp3) is 0.429. The van der Waals surface area contributed by atoms with Crippen molar-refractivity contribution in [3.05, 3.63) is 89.7 Å². The Kier molecular flexibility index (Phi) is 17.8. The zero-order valence-electron chi connectivity index (χ0n) is 26.9. The molecule has 242 valence electrons. The van der Waals surface area contributed by atoms with E-state index in [2.05, 4.69) is 12.2 Å². The van der Waals surface area contributed by atoms with Crippen molar-refractivity contribution < 1.29 is 27.5 Å². The predicted octanol–water partition coefficient (Wildman–Crippen LogP) is 7.52. The molecular weight excluding hydrogens is 579 g/mol. The molecular formula is C35H49FN2O5S. The second-order valence-electron chi connectivity index (χ2n) is 10.9. The zero-order valence-corrected chi connectivity index (χ0v) is 27.7. The molecule has 1 fully saturated rings. The van der Waals surface area contributed by atoms with E-state index in [1.807, 2.05) is 45.0 Å². The van der Waals surface area contributed by atoms with Gasteiger partial charge in [-0.1, -0.05) is 95.3 Å². The number of rotatable bonds is 9. The van der Waals surface area contributed by atoms with Crippen LogP contribution in [0.5, 0.6) is 0 Å². The number of hydrogen-bond acceptors (Lipinski definition) is 5. The van der Waals surface area contributed by atoms with Gasteiger partial charge in [0.05, 0.1) is 17.5 Å². The minimum atomic E-state index is -3.20. The summed E-state index contributed by atoms with van der Waals surface area (Å²) >= 11 is 0. The number of nitrogens with zero attached hydrogens (tertiary/aromatic N) is 1. The third-order valence-electron chi connectivity index (χ3n) is 6.98. The van der Waals surface area contributed by atoms with Crippen LogP contribution < -0.4 is 5.32 Å². The van der Waals surface area contributed by atoms with Crippen LogP contribution in [0.25, 0.3) is 11.1 Å². The molecule has 9 heteroatoms. The van der Waals surface area contributed by atoms with Crippen LogP contribution in [0, 0.1) is 11.7 Å². The van der Waals surface area contributed by atoms with E-state index in [0.29, 0.717) is 17.9 Å². The first kappa shape index (κ1) is 38.5. The minimum absolute atomic E-state index is 0.0206. The van der Waals surface area contributed by atoms with Gasteiger partial charge in [0.2, 0.25) is 6.41 Å². The first-order chi connectivity index (χ1) is 20.9. The number of sulfone groups is 1. The number of likely N-dealkylation sites (N-methyl/N-ethyl adjacent to an activating group) is 1. The largest absolute Gasteiger partial charge is 0.480 e. The third kappa shape index (κ3) is 15.3. The topological polar surface area (TPSA) is 104 Å². The smallest absolute Gasteiger partial charge is 0.317 e. The number of amides is 1. The number of carbonyl (C=O) groups is 2. The van der Waals surface area contributed by atoms with Gasteiger partial charge in [0, 0.05) is 12.8 Å². The van der Waals surface area contributed by atoms with Crippen LogP contribution >= 0.6 is 0 Å². The molecule has 3 aromatic rings. The number of hydrogen-bond donors (Lipinski definition) is 2. The van der Waals surface area contributed by atoms with Gasteiger partial charge in [0.15, 0.2) is 9.84 Å². The fourth-order valence-corrected chi connectivity index (χ4v) is 5.23. The summed E-state index contributed by atoms with van der Waals surface area (Å²) in [5.41, 5.74) is 3.77. The van der Waals surface area contributed by atoms with Gasteiger partial charge >= 0.3 is 5.97 Å². The highest BCUT2D eigenvalue weighted by Crippen LogP contribution is 2.23. The first-order valence-electron chi connectivity index (χ1n) is 15.1. The molecule has 3 aromatic carbocycles. The molecule has 1 aliphatic rings. The lowest BCUT2D eigenvalue weighted by molar-refractivity contribution is -0.138. The fourth-order valence-electron chi connectivity index (χ4n) is 4.60. The summed E-state index contributed by atoms with van der Waals surface area (Å²) in [5, 5.41) is 11.4. The van der Waals surface area contributed by atoms with Gasteiger partial charge in [0.25, 0.3) is 0 Å². The van der Waals surface area contributed by atoms with Crippen molar-refractivity contribution in [3.63, 3.8) is 0 Å². The Morgan fingerprint density at radius 3 is 2.07 bits per heavy atom. The van der Waals surface area contributed by atoms with Crippen LogP contribution in [0.2, 0.25) is 0 Å². The molecule has 0 aromatic heterocycles. The predicted molar refractivity (Wildman–Crippen MR) is 177 cm³/mol. The number of halogens is 1. The van der Waals surface area contributed by atoms with Crippen LogP contribution in [0.1, 0.15) is 77.0 Å². The van der Waals surface area contributed by atoms with Crippen molar-refractivity contribution in [2.75, 3.05) is 19.8 Å². The van der Waals surface area contributed by atoms with Crippen LogP contribution in [-0.2, 0) is 26.0 Å². The monoisotopic (exact) mass is 628 g/mol. The van der Waals surface area contributed by atoms with E-state index in [1.54, 1.807) is 48.3 Å². The third-order valence-corrected chi connectivity index (χ3v) is 8.11. The number of aliphatic carboxylic acids is 1. The Labute approximate surface area is 263 Å². The van der Waals surface area contributed by atoms with Crippen LogP contribution in [-0.4, -0.2) is 50.7 Å². The molecule has 7 nitrogen and oxygen atoms in total. The molecule has 44 heavy (non-hydrogen) atoms. The Balaban J connectivity index is 0.000000381. The Morgan fingerprint density at radius 1 is 1.00 bits per heavy atom. The molecule has 1 saturated carbocycles. The maximum absolute atomic E-state index is 12.4. The summed E-state index contributed by atoms with van der Waals surface area (Å²) in [4.78, 5) is 22.8. The van der Waals surface area contributed by atoms with Crippen molar-refractivity contribution in [3.8, 4) is 11.1 Å². The van der Waals surface area contributed by atoms with Gasteiger partial charge in [-0.2, -0.15) is 0 Å². The Bertz CT molecular complexity index is 1360. The second kappa shape index (κ2) is 20.4. The van der Waals surface area contributed by atoms with E-state index in [-0.39, 0.29) is 18.4 Å². The van der Waals surface area contributed by atoms with Gasteiger partial charge in [-0.05, 0) is 72.5 Å². The van der Waals surface area contributed by atoms with Crippen molar-refractivity contribution in [2.45, 2.75) is 77.3 Å². The van der Waals surface area contributed by atoms with E-state index >= 15 is 0 Å². The van der Waals surface area contributed by atoms with Crippen molar-refractivity contribution in [1.82, 2.24) is 10.2 Å². The normalized spacial score (nSPS) is 13.5. The van der Waals surface area contributed by atoms with Crippen molar-refractivity contribution >= 4 is 22.2 Å². The first-order valence-corrected chi connectivity index (χ1v) is 17.0. The van der Waals surface area contributed by atoms with E-state index in [0.717, 1.165) is 28.2 Å². The van der Waals surface area contributed by atoms with Gasteiger partial charge in [-0.25, -0.2) is 12.8 Å². The van der Waals surface area contributed by atoms with E-state index in [1.165, 1.54) is 50.5 Å². The summed E-state index contributed by atoms with van der Waals surface area (Å²) in [6.45, 7) is 8.70. The molecule has 1 atom stereocenters. The van der Waals surface area contributed by atoms with Crippen LogP contribution in [0.3, 0.4) is 0 Å². The molecule has 0 spiro atoms. The molecule has 1 amide bonds. The number of carboxylic acids is 1. The number of carboxylic acid groups (broad SMARTS) is 1. The minimum Gasteiger partial charge on any atom is -0.480 e. The van der Waals surface area contributed by atoms with E-state index in [4.69, 9.17) is 5.11 Å². The van der Waals surface area contributed by atoms with Gasteiger partial charge in [-0.15, -0.1) is 0 Å². The maximum atomic E-state index is 12.4. The Morgan fingerprint density at radius 2 is 1.59 bits per heavy atom. The lowest BCUT2D eigenvalue weighted by Gasteiger charge is -2.15. The summed E-state index contributed by atoms with van der Waals surface area (Å²) in [7, 11) is -1.45. The Hall–Kier alpha value is -3.56. The molecule has 0 aliphatic heterocycles. The highest BCUT2D eigenvalue weighted by Gasteiger charge is 2.09. The molecule has 1 aliphatic carbocycles. The molecule has 4 rings (SSSR count). The molecule has 0 radical (unpaired) electrons. The zero-order chi connectivity index (χ0) is 33.1. The standard InChI is InChI=1S/C17H19NO4S.C9H10FNO.C7H14.C2H6/c1-18(12-17(19)20)11-13-4-3-5-15(10-13)14-6-8-16(9-7-14)23(2,21)22;1-7(11-6-12)8-2-4-9(10)5-3-8;1-7-5-3-2-4-6-7;1-2/h3-10H,11-12H2,1-2H3,(H,19,20);2-7H,1H3,(H,11,12);7H,2-6H2,1H3;1-2H3/t;7-;;/m.1../s1.